The van der Waals surface area contributed by atoms with E-state index in [0.717, 1.165) is 0 Å². The fourth-order valence-corrected chi connectivity index (χ4v) is 3.24. The zero-order chi connectivity index (χ0) is 17.5. The van der Waals surface area contributed by atoms with Crippen LogP contribution in [-0.4, -0.2) is 23.4 Å². The van der Waals surface area contributed by atoms with Crippen molar-refractivity contribution in [1.29, 1.82) is 0 Å². The Balaban J connectivity index is 1.75. The molecule has 1 aromatic heterocycles. The van der Waals surface area contributed by atoms with Crippen molar-refractivity contribution >= 4 is 16.9 Å². The number of aryl methyl sites for hydroxylation is 1. The summed E-state index contributed by atoms with van der Waals surface area (Å²) in [6.07, 6.45) is -3.66. The average molecular weight is 342 g/mol. The molecule has 1 N–H and O–H groups in total. The number of hydrogen-bond acceptors (Lipinski definition) is 3. The Hall–Kier alpha value is -2.18. The standard InChI is InChI=1S/C17H17F3O4/c1-9-15(16(21)22)13-8-12(6-7-14(13)23-9)24-11-4-2-10(3-5-11)17(18,19)20/h6-8,10-11H,2-5H2,1H3,(H,21,22). The Kier molecular flexibility index (Phi) is 4.19. The Morgan fingerprint density at radius 2 is 1.92 bits per heavy atom. The summed E-state index contributed by atoms with van der Waals surface area (Å²) in [5.41, 5.74) is 0.522. The lowest BCUT2D eigenvalue weighted by molar-refractivity contribution is -0.185. The van der Waals surface area contributed by atoms with E-state index in [-0.39, 0.29) is 24.5 Å². The Morgan fingerprint density at radius 1 is 1.25 bits per heavy atom. The Labute approximate surface area is 136 Å². The van der Waals surface area contributed by atoms with Gasteiger partial charge in [0.05, 0.1) is 12.0 Å². The number of furan rings is 1. The van der Waals surface area contributed by atoms with Crippen LogP contribution in [0.4, 0.5) is 13.2 Å². The zero-order valence-electron chi connectivity index (χ0n) is 13.0. The van der Waals surface area contributed by atoms with E-state index in [0.29, 0.717) is 35.3 Å². The second-order valence-electron chi connectivity index (χ2n) is 6.13. The molecule has 0 atom stereocenters. The fraction of sp³-hybridized carbons (Fsp3) is 0.471. The highest BCUT2D eigenvalue weighted by Crippen LogP contribution is 2.39. The third kappa shape index (κ3) is 3.20. The summed E-state index contributed by atoms with van der Waals surface area (Å²) in [5.74, 6) is -1.59. The number of ether oxygens (including phenoxy) is 1. The number of carboxylic acid groups (broad SMARTS) is 1. The predicted octanol–water partition coefficient (Wildman–Crippen LogP) is 4.94. The van der Waals surface area contributed by atoms with E-state index in [4.69, 9.17) is 9.15 Å². The summed E-state index contributed by atoms with van der Waals surface area (Å²) in [6, 6.07) is 4.84. The van der Waals surface area contributed by atoms with Crippen LogP contribution >= 0.6 is 0 Å². The first-order valence-corrected chi connectivity index (χ1v) is 7.75. The van der Waals surface area contributed by atoms with Crippen LogP contribution in [0.5, 0.6) is 5.75 Å². The van der Waals surface area contributed by atoms with Crippen LogP contribution in [0.1, 0.15) is 41.8 Å². The van der Waals surface area contributed by atoms with Gasteiger partial charge in [0, 0.05) is 5.39 Å². The van der Waals surface area contributed by atoms with Crippen LogP contribution in [0.15, 0.2) is 22.6 Å². The molecule has 2 aromatic rings. The summed E-state index contributed by atoms with van der Waals surface area (Å²) in [7, 11) is 0. The van der Waals surface area contributed by atoms with Crippen LogP contribution in [0.2, 0.25) is 0 Å². The van der Waals surface area contributed by atoms with E-state index in [1.165, 1.54) is 0 Å². The summed E-state index contributed by atoms with van der Waals surface area (Å²) >= 11 is 0. The van der Waals surface area contributed by atoms with Crippen molar-refractivity contribution in [3.8, 4) is 5.75 Å². The number of halogens is 3. The average Bonchev–Trinajstić information content (AvgIpc) is 2.82. The molecule has 1 saturated carbocycles. The van der Waals surface area contributed by atoms with E-state index in [2.05, 4.69) is 0 Å². The topological polar surface area (TPSA) is 59.7 Å². The van der Waals surface area contributed by atoms with Crippen molar-refractivity contribution in [1.82, 2.24) is 0 Å². The quantitative estimate of drug-likeness (QED) is 0.858. The van der Waals surface area contributed by atoms with Gasteiger partial charge in [-0.05, 0) is 50.8 Å². The van der Waals surface area contributed by atoms with Crippen molar-refractivity contribution in [2.24, 2.45) is 5.92 Å². The fourth-order valence-electron chi connectivity index (χ4n) is 3.24. The molecule has 4 nitrogen and oxygen atoms in total. The van der Waals surface area contributed by atoms with E-state index < -0.39 is 18.1 Å². The number of rotatable bonds is 3. The van der Waals surface area contributed by atoms with Crippen molar-refractivity contribution in [2.75, 3.05) is 0 Å². The van der Waals surface area contributed by atoms with Gasteiger partial charge in [-0.3, -0.25) is 0 Å². The first kappa shape index (κ1) is 16.7. The second kappa shape index (κ2) is 6.03. The molecule has 3 rings (SSSR count). The van der Waals surface area contributed by atoms with Gasteiger partial charge in [-0.15, -0.1) is 0 Å². The monoisotopic (exact) mass is 342 g/mol. The molecule has 0 radical (unpaired) electrons. The molecule has 7 heteroatoms. The molecule has 1 aliphatic rings. The van der Waals surface area contributed by atoms with Crippen LogP contribution < -0.4 is 4.74 Å². The number of fused-ring (bicyclic) bond motifs is 1. The molecule has 0 unspecified atom stereocenters. The largest absolute Gasteiger partial charge is 0.490 e. The number of carboxylic acids is 1. The molecule has 1 aliphatic carbocycles. The molecule has 0 saturated heterocycles. The van der Waals surface area contributed by atoms with Crippen molar-refractivity contribution < 1.29 is 32.2 Å². The zero-order valence-corrected chi connectivity index (χ0v) is 13.0. The van der Waals surface area contributed by atoms with Gasteiger partial charge < -0.3 is 14.3 Å². The molecule has 0 spiro atoms. The van der Waals surface area contributed by atoms with Crippen molar-refractivity contribution in [2.45, 2.75) is 44.9 Å². The first-order chi connectivity index (χ1) is 11.3. The third-order valence-electron chi connectivity index (χ3n) is 4.49. The molecule has 0 amide bonds. The van der Waals surface area contributed by atoms with Gasteiger partial charge in [0.2, 0.25) is 0 Å². The highest BCUT2D eigenvalue weighted by Gasteiger charge is 2.41. The number of aromatic carboxylic acids is 1. The third-order valence-corrected chi connectivity index (χ3v) is 4.49. The van der Waals surface area contributed by atoms with Crippen molar-refractivity contribution in [3.05, 3.63) is 29.5 Å². The highest BCUT2D eigenvalue weighted by molar-refractivity contribution is 6.03. The van der Waals surface area contributed by atoms with Gasteiger partial charge in [0.15, 0.2) is 0 Å². The minimum atomic E-state index is -4.14. The lowest BCUT2D eigenvalue weighted by Crippen LogP contribution is -2.31. The minimum Gasteiger partial charge on any atom is -0.490 e. The highest BCUT2D eigenvalue weighted by atomic mass is 19.4. The molecule has 1 fully saturated rings. The smallest absolute Gasteiger partial charge is 0.391 e. The van der Waals surface area contributed by atoms with Crippen LogP contribution in [0.3, 0.4) is 0 Å². The lowest BCUT2D eigenvalue weighted by Gasteiger charge is -2.30. The van der Waals surface area contributed by atoms with Gasteiger partial charge >= 0.3 is 12.1 Å². The molecule has 0 bridgehead atoms. The van der Waals surface area contributed by atoms with Crippen LogP contribution in [-0.2, 0) is 0 Å². The van der Waals surface area contributed by atoms with Gasteiger partial charge in [-0.25, -0.2) is 4.79 Å². The first-order valence-electron chi connectivity index (χ1n) is 7.75. The van der Waals surface area contributed by atoms with Crippen LogP contribution in [0, 0.1) is 12.8 Å². The number of benzene rings is 1. The normalized spacial score (nSPS) is 21.8. The molecule has 24 heavy (non-hydrogen) atoms. The van der Waals surface area contributed by atoms with Gasteiger partial charge in [0.25, 0.3) is 0 Å². The molecule has 1 heterocycles. The second-order valence-corrected chi connectivity index (χ2v) is 6.13. The van der Waals surface area contributed by atoms with Gasteiger partial charge in [-0.2, -0.15) is 13.2 Å². The Bertz CT molecular complexity index is 755. The van der Waals surface area contributed by atoms with Gasteiger partial charge in [0.1, 0.15) is 22.7 Å². The van der Waals surface area contributed by atoms with Gasteiger partial charge in [-0.1, -0.05) is 0 Å². The maximum Gasteiger partial charge on any atom is 0.391 e. The summed E-state index contributed by atoms with van der Waals surface area (Å²) < 4.78 is 49.2. The molecular formula is C17H17F3O4. The number of hydrogen-bond donors (Lipinski definition) is 1. The SMILES string of the molecule is Cc1oc2ccc(OC3CCC(C(F)(F)F)CC3)cc2c1C(=O)O. The molecule has 130 valence electrons. The van der Waals surface area contributed by atoms with Crippen LogP contribution in [0.25, 0.3) is 11.0 Å². The van der Waals surface area contributed by atoms with E-state index in [9.17, 15) is 23.1 Å². The lowest BCUT2D eigenvalue weighted by atomic mass is 9.87. The van der Waals surface area contributed by atoms with E-state index in [1.807, 2.05) is 0 Å². The van der Waals surface area contributed by atoms with E-state index in [1.54, 1.807) is 25.1 Å². The Morgan fingerprint density at radius 3 is 2.50 bits per heavy atom. The van der Waals surface area contributed by atoms with Crippen molar-refractivity contribution in [3.63, 3.8) is 0 Å². The summed E-state index contributed by atoms with van der Waals surface area (Å²) in [5, 5.41) is 9.69. The molecular weight excluding hydrogens is 325 g/mol. The maximum absolute atomic E-state index is 12.7. The minimum absolute atomic E-state index is 0.0571. The predicted molar refractivity (Wildman–Crippen MR) is 80.3 cm³/mol. The molecule has 1 aromatic carbocycles. The molecule has 0 aliphatic heterocycles. The summed E-state index contributed by atoms with van der Waals surface area (Å²) in [4.78, 5) is 11.3. The summed E-state index contributed by atoms with van der Waals surface area (Å²) in [6.45, 7) is 1.57. The maximum atomic E-state index is 12.7. The van der Waals surface area contributed by atoms with E-state index >= 15 is 0 Å². The number of carbonyl (C=O) groups is 1. The number of alkyl halides is 3.